The van der Waals surface area contributed by atoms with Crippen LogP contribution in [0, 0.1) is 0 Å². The van der Waals surface area contributed by atoms with Gasteiger partial charge in [0.05, 0.1) is 16.4 Å². The van der Waals surface area contributed by atoms with Crippen LogP contribution in [0.4, 0.5) is 0 Å². The average molecular weight is 450 g/mol. The molecule has 1 aromatic carbocycles. The first kappa shape index (κ1) is 18.8. The third-order valence-electron chi connectivity index (χ3n) is 5.70. The van der Waals surface area contributed by atoms with Crippen LogP contribution in [-0.2, 0) is 10.2 Å². The molecule has 142 valence electrons. The Labute approximate surface area is 173 Å². The normalized spacial score (nSPS) is 21.4. The van der Waals surface area contributed by atoms with E-state index in [1.165, 1.54) is 0 Å². The molecule has 1 saturated carbocycles. The summed E-state index contributed by atoms with van der Waals surface area (Å²) < 4.78 is 6.87. The second-order valence-corrected chi connectivity index (χ2v) is 8.66. The van der Waals surface area contributed by atoms with Gasteiger partial charge in [0.1, 0.15) is 6.10 Å². The van der Waals surface area contributed by atoms with Gasteiger partial charge in [-0.2, -0.15) is 0 Å². The average Bonchev–Trinajstić information content (AvgIpc) is 3.34. The number of rotatable bonds is 4. The molecule has 4 rings (SSSR count). The molecule has 2 fully saturated rings. The van der Waals surface area contributed by atoms with Gasteiger partial charge in [-0.15, -0.1) is 0 Å². The number of hydrogen-bond acceptors (Lipinski definition) is 3. The quantitative estimate of drug-likeness (QED) is 0.660. The first-order valence-corrected chi connectivity index (χ1v) is 10.6. The van der Waals surface area contributed by atoms with Crippen molar-refractivity contribution in [2.75, 3.05) is 13.1 Å². The van der Waals surface area contributed by atoms with Gasteiger partial charge in [0.15, 0.2) is 0 Å². The second kappa shape index (κ2) is 7.80. The van der Waals surface area contributed by atoms with Gasteiger partial charge in [-0.25, -0.2) is 4.98 Å². The van der Waals surface area contributed by atoms with Gasteiger partial charge >= 0.3 is 0 Å². The topological polar surface area (TPSA) is 42.4 Å². The maximum Gasteiger partial charge on any atom is 0.233 e. The molecule has 1 aromatic heterocycles. The Kier molecular flexibility index (Phi) is 5.42. The molecule has 2 heterocycles. The third-order valence-corrected chi connectivity index (χ3v) is 6.55. The zero-order valence-electron chi connectivity index (χ0n) is 15.0. The molecule has 0 radical (unpaired) electrons. The number of likely N-dealkylation sites (tertiary alicyclic amines) is 1. The standard InChI is InChI=1S/C21H22BrClN2O2/c22-18-4-3-12-24-19(18)27-17-9-13-25(14-17)20(26)21(10-1-2-11-21)15-5-7-16(23)8-6-15/h3-8,12,17H,1-2,9-11,13-14H2. The van der Waals surface area contributed by atoms with Gasteiger partial charge in [0, 0.05) is 24.2 Å². The summed E-state index contributed by atoms with van der Waals surface area (Å²) in [6.07, 6.45) is 6.50. The van der Waals surface area contributed by atoms with Crippen LogP contribution < -0.4 is 4.74 Å². The van der Waals surface area contributed by atoms with Crippen molar-refractivity contribution in [3.8, 4) is 5.88 Å². The van der Waals surface area contributed by atoms with Crippen LogP contribution in [-0.4, -0.2) is 35.0 Å². The van der Waals surface area contributed by atoms with Gasteiger partial charge in [-0.1, -0.05) is 36.6 Å². The molecular formula is C21H22BrClN2O2. The molecule has 4 nitrogen and oxygen atoms in total. The van der Waals surface area contributed by atoms with Crippen molar-refractivity contribution >= 4 is 33.4 Å². The lowest BCUT2D eigenvalue weighted by Crippen LogP contribution is -2.45. The Hall–Kier alpha value is -1.59. The largest absolute Gasteiger partial charge is 0.472 e. The number of ether oxygens (including phenoxy) is 1. The first-order valence-electron chi connectivity index (χ1n) is 9.41. The highest BCUT2D eigenvalue weighted by atomic mass is 79.9. The molecule has 1 amide bonds. The third kappa shape index (κ3) is 3.72. The fraction of sp³-hybridized carbons (Fsp3) is 0.429. The SMILES string of the molecule is O=C(N1CCC(Oc2ncccc2Br)C1)C1(c2ccc(Cl)cc2)CCCC1. The van der Waals surface area contributed by atoms with Crippen molar-refractivity contribution in [2.24, 2.45) is 0 Å². The monoisotopic (exact) mass is 448 g/mol. The fourth-order valence-corrected chi connectivity index (χ4v) is 4.78. The van der Waals surface area contributed by atoms with Gasteiger partial charge in [-0.05, 0) is 58.6 Å². The van der Waals surface area contributed by atoms with Crippen LogP contribution >= 0.6 is 27.5 Å². The number of carbonyl (C=O) groups is 1. The Bertz CT molecular complexity index is 821. The van der Waals surface area contributed by atoms with Crippen LogP contribution in [0.1, 0.15) is 37.7 Å². The van der Waals surface area contributed by atoms with E-state index in [4.69, 9.17) is 16.3 Å². The first-order chi connectivity index (χ1) is 13.1. The molecule has 27 heavy (non-hydrogen) atoms. The number of benzene rings is 1. The lowest BCUT2D eigenvalue weighted by atomic mass is 9.77. The number of carbonyl (C=O) groups excluding carboxylic acids is 1. The summed E-state index contributed by atoms with van der Waals surface area (Å²) in [4.78, 5) is 19.8. The molecule has 1 saturated heterocycles. The Morgan fingerprint density at radius 2 is 1.96 bits per heavy atom. The van der Waals surface area contributed by atoms with Crippen LogP contribution in [0.5, 0.6) is 5.88 Å². The second-order valence-electron chi connectivity index (χ2n) is 7.37. The van der Waals surface area contributed by atoms with Crippen molar-refractivity contribution in [2.45, 2.75) is 43.6 Å². The number of aromatic nitrogens is 1. The fourth-order valence-electron chi connectivity index (χ4n) is 4.30. The zero-order valence-corrected chi connectivity index (χ0v) is 17.4. The van der Waals surface area contributed by atoms with Crippen molar-refractivity contribution in [3.05, 3.63) is 57.7 Å². The molecule has 2 aromatic rings. The number of pyridine rings is 1. The van der Waals surface area contributed by atoms with Crippen molar-refractivity contribution in [3.63, 3.8) is 0 Å². The molecule has 1 atom stereocenters. The number of amides is 1. The van der Waals surface area contributed by atoms with Gasteiger partial charge in [-0.3, -0.25) is 4.79 Å². The minimum atomic E-state index is -0.412. The van der Waals surface area contributed by atoms with E-state index < -0.39 is 5.41 Å². The van der Waals surface area contributed by atoms with Crippen LogP contribution in [0.25, 0.3) is 0 Å². The van der Waals surface area contributed by atoms with E-state index in [0.717, 1.165) is 48.7 Å². The Balaban J connectivity index is 1.50. The molecule has 1 unspecified atom stereocenters. The van der Waals surface area contributed by atoms with Gasteiger partial charge in [0.25, 0.3) is 0 Å². The summed E-state index contributed by atoms with van der Waals surface area (Å²) in [5, 5.41) is 0.704. The maximum absolute atomic E-state index is 13.5. The van der Waals surface area contributed by atoms with Gasteiger partial charge in [0.2, 0.25) is 11.8 Å². The van der Waals surface area contributed by atoms with Crippen LogP contribution in [0.15, 0.2) is 47.1 Å². The minimum Gasteiger partial charge on any atom is -0.472 e. The number of hydrogen-bond donors (Lipinski definition) is 0. The van der Waals surface area contributed by atoms with E-state index in [2.05, 4.69) is 20.9 Å². The molecule has 6 heteroatoms. The summed E-state index contributed by atoms with van der Waals surface area (Å²) >= 11 is 9.53. The van der Waals surface area contributed by atoms with Crippen molar-refractivity contribution in [1.82, 2.24) is 9.88 Å². The van der Waals surface area contributed by atoms with Crippen LogP contribution in [0.2, 0.25) is 5.02 Å². The molecule has 1 aliphatic carbocycles. The van der Waals surface area contributed by atoms with E-state index in [0.29, 0.717) is 17.4 Å². The molecule has 0 bridgehead atoms. The summed E-state index contributed by atoms with van der Waals surface area (Å²) in [6, 6.07) is 11.6. The smallest absolute Gasteiger partial charge is 0.233 e. The van der Waals surface area contributed by atoms with Crippen molar-refractivity contribution < 1.29 is 9.53 Å². The van der Waals surface area contributed by atoms with E-state index in [1.807, 2.05) is 41.3 Å². The number of nitrogens with zero attached hydrogens (tertiary/aromatic N) is 2. The zero-order chi connectivity index (χ0) is 18.9. The van der Waals surface area contributed by atoms with Crippen molar-refractivity contribution in [1.29, 1.82) is 0 Å². The number of halogens is 2. The summed E-state index contributed by atoms with van der Waals surface area (Å²) in [5.41, 5.74) is 0.677. The van der Waals surface area contributed by atoms with Crippen LogP contribution in [0.3, 0.4) is 0 Å². The predicted octanol–water partition coefficient (Wildman–Crippen LogP) is 4.99. The maximum atomic E-state index is 13.5. The molecule has 0 spiro atoms. The molecule has 2 aliphatic rings. The lowest BCUT2D eigenvalue weighted by molar-refractivity contribution is -0.136. The molecule has 0 N–H and O–H groups in total. The highest BCUT2D eigenvalue weighted by molar-refractivity contribution is 9.10. The lowest BCUT2D eigenvalue weighted by Gasteiger charge is -2.33. The highest BCUT2D eigenvalue weighted by Gasteiger charge is 2.46. The van der Waals surface area contributed by atoms with E-state index >= 15 is 0 Å². The van der Waals surface area contributed by atoms with E-state index in [-0.39, 0.29) is 12.0 Å². The Morgan fingerprint density at radius 1 is 1.22 bits per heavy atom. The molecule has 1 aliphatic heterocycles. The summed E-state index contributed by atoms with van der Waals surface area (Å²) in [7, 11) is 0. The van der Waals surface area contributed by atoms with E-state index in [1.54, 1.807) is 6.20 Å². The predicted molar refractivity (Wildman–Crippen MR) is 109 cm³/mol. The Morgan fingerprint density at radius 3 is 2.67 bits per heavy atom. The summed E-state index contributed by atoms with van der Waals surface area (Å²) in [6.45, 7) is 1.33. The highest BCUT2D eigenvalue weighted by Crippen LogP contribution is 2.43. The minimum absolute atomic E-state index is 0.0242. The van der Waals surface area contributed by atoms with Gasteiger partial charge < -0.3 is 9.64 Å². The summed E-state index contributed by atoms with van der Waals surface area (Å²) in [5.74, 6) is 0.818. The molecular weight excluding hydrogens is 428 g/mol. The van der Waals surface area contributed by atoms with E-state index in [9.17, 15) is 4.79 Å².